The van der Waals surface area contributed by atoms with Crippen LogP contribution in [-0.2, 0) is 32.7 Å². The summed E-state index contributed by atoms with van der Waals surface area (Å²) in [5.74, 6) is -0.777. The van der Waals surface area contributed by atoms with E-state index in [1.807, 2.05) is 21.1 Å². The van der Waals surface area contributed by atoms with Crippen LogP contribution in [0.1, 0.15) is 348 Å². The number of unbranched alkanes of at least 4 members (excludes halogenated alkanes) is 46. The molecule has 0 aromatic rings. The Morgan fingerprint density at radius 1 is 0.385 bits per heavy atom. The van der Waals surface area contributed by atoms with Gasteiger partial charge >= 0.3 is 19.8 Å². The van der Waals surface area contributed by atoms with E-state index >= 15 is 0 Å². The molecule has 0 fully saturated rings. The highest BCUT2D eigenvalue weighted by Gasteiger charge is 2.27. The third-order valence-electron chi connectivity index (χ3n) is 15.5. The number of phosphoric acid groups is 1. The number of nitrogens with zero attached hydrogens (tertiary/aromatic N) is 1. The molecule has 0 spiro atoms. The number of quaternary nitrogens is 1. The molecule has 1 N–H and O–H groups in total. The highest BCUT2D eigenvalue weighted by atomic mass is 31.2. The summed E-state index contributed by atoms with van der Waals surface area (Å²) < 4.78 is 34.7. The predicted molar refractivity (Wildman–Crippen MR) is 335 cm³/mol. The molecule has 0 aromatic heterocycles. The molecule has 0 aromatic carbocycles. The third kappa shape index (κ3) is 63.7. The number of carbonyl (C=O) groups excluding carboxylic acids is 2. The van der Waals surface area contributed by atoms with Crippen LogP contribution in [0.4, 0.5) is 0 Å². The molecule has 0 rings (SSSR count). The zero-order valence-corrected chi connectivity index (χ0v) is 53.6. The van der Waals surface area contributed by atoms with Gasteiger partial charge in [-0.15, -0.1) is 0 Å². The van der Waals surface area contributed by atoms with E-state index < -0.39 is 26.5 Å². The average Bonchev–Trinajstić information content (AvgIpc) is 3.40. The second kappa shape index (κ2) is 60.1. The number of rotatable bonds is 64. The van der Waals surface area contributed by atoms with Crippen LogP contribution in [0.15, 0.2) is 24.3 Å². The second-order valence-corrected chi connectivity index (χ2v) is 26.0. The lowest BCUT2D eigenvalue weighted by molar-refractivity contribution is -0.870. The molecule has 0 radical (unpaired) electrons. The summed E-state index contributed by atoms with van der Waals surface area (Å²) in [6.45, 7) is 4.50. The minimum atomic E-state index is -4.39. The van der Waals surface area contributed by atoms with Gasteiger partial charge in [-0.3, -0.25) is 18.6 Å². The van der Waals surface area contributed by atoms with Crippen molar-refractivity contribution in [1.29, 1.82) is 0 Å². The highest BCUT2D eigenvalue weighted by Crippen LogP contribution is 2.43. The monoisotopic (exact) mass is 1120 g/mol. The molecule has 10 heteroatoms. The number of carbonyl (C=O) groups is 2. The van der Waals surface area contributed by atoms with E-state index in [0.29, 0.717) is 23.9 Å². The molecule has 0 saturated carbocycles. The summed E-state index contributed by atoms with van der Waals surface area (Å²) in [7, 11) is 1.50. The van der Waals surface area contributed by atoms with Crippen molar-refractivity contribution in [3.8, 4) is 0 Å². The molecule has 0 bridgehead atoms. The van der Waals surface area contributed by atoms with E-state index in [0.717, 1.165) is 32.1 Å². The maximum absolute atomic E-state index is 12.9. The predicted octanol–water partition coefficient (Wildman–Crippen LogP) is 21.7. The first-order valence-corrected chi connectivity index (χ1v) is 35.6. The zero-order chi connectivity index (χ0) is 57.0. The van der Waals surface area contributed by atoms with Gasteiger partial charge in [0.05, 0.1) is 27.7 Å². The second-order valence-electron chi connectivity index (χ2n) is 24.6. The molecular formula is C68H133NO8P+. The minimum Gasteiger partial charge on any atom is -0.462 e. The number of allylic oxidation sites excluding steroid dienone is 4. The summed E-state index contributed by atoms with van der Waals surface area (Å²) >= 11 is 0. The van der Waals surface area contributed by atoms with Crippen molar-refractivity contribution in [2.24, 2.45) is 0 Å². The number of esters is 2. The van der Waals surface area contributed by atoms with Crippen LogP contribution in [-0.4, -0.2) is 74.9 Å². The van der Waals surface area contributed by atoms with Crippen molar-refractivity contribution < 1.29 is 42.1 Å². The van der Waals surface area contributed by atoms with Crippen molar-refractivity contribution in [3.05, 3.63) is 24.3 Å². The number of phosphoric ester groups is 1. The Hall–Kier alpha value is -1.51. The topological polar surface area (TPSA) is 108 Å². The van der Waals surface area contributed by atoms with Gasteiger partial charge in [0.15, 0.2) is 6.10 Å². The number of hydrogen-bond donors (Lipinski definition) is 1. The fourth-order valence-corrected chi connectivity index (χ4v) is 10.9. The molecule has 0 aliphatic heterocycles. The van der Waals surface area contributed by atoms with E-state index in [2.05, 4.69) is 38.2 Å². The van der Waals surface area contributed by atoms with Crippen molar-refractivity contribution in [2.45, 2.75) is 354 Å². The standard InChI is InChI=1S/C68H132NO8P/c1-6-8-10-12-14-16-18-20-22-24-26-28-30-31-32-33-34-35-36-37-39-41-43-45-47-49-51-53-55-57-59-61-68(71)77-66(65-76-78(72,73)75-63-62-69(3,4)5)64-74-67(70)60-58-56-54-52-50-48-46-44-42-40-38-29-27-25-23-21-19-17-15-13-11-9-7-2/h24-27,66H,6-23,28-65H2,1-5H3/p+1/b26-24-,27-25-. The molecule has 0 amide bonds. The lowest BCUT2D eigenvalue weighted by Gasteiger charge is -2.24. The Labute approximate surface area is 485 Å². The van der Waals surface area contributed by atoms with Crippen LogP contribution in [0.5, 0.6) is 0 Å². The van der Waals surface area contributed by atoms with E-state index in [4.69, 9.17) is 18.5 Å². The molecule has 2 unspecified atom stereocenters. The van der Waals surface area contributed by atoms with Crippen molar-refractivity contribution in [3.63, 3.8) is 0 Å². The SMILES string of the molecule is CCCCCCCCCC/C=C\CCCCCCCCCCCCCCCCCCCCCC(=O)OC(COC(=O)CCCCCCCCCCCCC/C=C\CCCCCCCCCC)COP(=O)(O)OCC[N+](C)(C)C. The van der Waals surface area contributed by atoms with Crippen LogP contribution in [0.25, 0.3) is 0 Å². The van der Waals surface area contributed by atoms with Gasteiger partial charge in [-0.1, -0.05) is 295 Å². The fraction of sp³-hybridized carbons (Fsp3) is 0.912. The number of hydrogen-bond acceptors (Lipinski definition) is 7. The molecule has 9 nitrogen and oxygen atoms in total. The van der Waals surface area contributed by atoms with E-state index in [1.54, 1.807) is 0 Å². The molecule has 462 valence electrons. The van der Waals surface area contributed by atoms with E-state index in [1.165, 1.54) is 283 Å². The normalized spacial score (nSPS) is 13.3. The van der Waals surface area contributed by atoms with Gasteiger partial charge in [0.25, 0.3) is 0 Å². The molecular weight excluding hydrogens is 990 g/mol. The van der Waals surface area contributed by atoms with Gasteiger partial charge in [-0.25, -0.2) is 4.57 Å². The van der Waals surface area contributed by atoms with Crippen LogP contribution in [0.3, 0.4) is 0 Å². The van der Waals surface area contributed by atoms with Crippen LogP contribution in [0, 0.1) is 0 Å². The summed E-state index contributed by atoms with van der Waals surface area (Å²) in [5, 5.41) is 0. The van der Waals surface area contributed by atoms with Gasteiger partial charge in [0.1, 0.15) is 19.8 Å². The third-order valence-corrected chi connectivity index (χ3v) is 16.4. The van der Waals surface area contributed by atoms with Crippen LogP contribution >= 0.6 is 7.82 Å². The van der Waals surface area contributed by atoms with Gasteiger partial charge in [-0.2, -0.15) is 0 Å². The molecule has 0 aliphatic carbocycles. The molecule has 2 atom stereocenters. The highest BCUT2D eigenvalue weighted by molar-refractivity contribution is 7.47. The summed E-state index contributed by atoms with van der Waals surface area (Å²) in [6.07, 6.45) is 74.2. The molecule has 78 heavy (non-hydrogen) atoms. The van der Waals surface area contributed by atoms with Gasteiger partial charge in [0, 0.05) is 12.8 Å². The zero-order valence-electron chi connectivity index (χ0n) is 52.7. The average molecular weight is 1120 g/mol. The van der Waals surface area contributed by atoms with Crippen molar-refractivity contribution in [1.82, 2.24) is 0 Å². The van der Waals surface area contributed by atoms with E-state index in [-0.39, 0.29) is 25.6 Å². The Bertz CT molecular complexity index is 1370. The van der Waals surface area contributed by atoms with Crippen LogP contribution < -0.4 is 0 Å². The van der Waals surface area contributed by atoms with E-state index in [9.17, 15) is 19.0 Å². The quantitative estimate of drug-likeness (QED) is 0.0211. The number of likely N-dealkylation sites (N-methyl/N-ethyl adjacent to an activating group) is 1. The molecule has 0 aliphatic rings. The number of ether oxygens (including phenoxy) is 2. The first-order valence-electron chi connectivity index (χ1n) is 34.1. The lowest BCUT2D eigenvalue weighted by atomic mass is 10.0. The smallest absolute Gasteiger partial charge is 0.462 e. The summed E-state index contributed by atoms with van der Waals surface area (Å²) in [5.41, 5.74) is 0. The largest absolute Gasteiger partial charge is 0.472 e. The molecule has 0 heterocycles. The summed E-state index contributed by atoms with van der Waals surface area (Å²) in [6, 6.07) is 0. The maximum Gasteiger partial charge on any atom is 0.472 e. The Balaban J connectivity index is 4.01. The van der Waals surface area contributed by atoms with Gasteiger partial charge < -0.3 is 18.9 Å². The molecule has 0 saturated heterocycles. The Kier molecular flexibility index (Phi) is 58.9. The lowest BCUT2D eigenvalue weighted by Crippen LogP contribution is -2.37. The fourth-order valence-electron chi connectivity index (χ4n) is 10.2. The van der Waals surface area contributed by atoms with Crippen molar-refractivity contribution in [2.75, 3.05) is 47.5 Å². The summed E-state index contributed by atoms with van der Waals surface area (Å²) in [4.78, 5) is 35.8. The maximum atomic E-state index is 12.9. The van der Waals surface area contributed by atoms with Crippen LogP contribution in [0.2, 0.25) is 0 Å². The minimum absolute atomic E-state index is 0.0348. The van der Waals surface area contributed by atoms with Gasteiger partial charge in [0.2, 0.25) is 0 Å². The Morgan fingerprint density at radius 2 is 0.654 bits per heavy atom. The van der Waals surface area contributed by atoms with Gasteiger partial charge in [-0.05, 0) is 64.2 Å². The Morgan fingerprint density at radius 3 is 0.949 bits per heavy atom. The van der Waals surface area contributed by atoms with Crippen molar-refractivity contribution >= 4 is 19.8 Å². The first kappa shape index (κ1) is 76.5. The first-order chi connectivity index (χ1) is 38.0.